The quantitative estimate of drug-likeness (QED) is 0.830. The number of hydrogen-bond donors (Lipinski definition) is 1. The van der Waals surface area contributed by atoms with Crippen molar-refractivity contribution >= 4 is 17.7 Å². The molecule has 1 saturated carbocycles. The molecule has 1 amide bonds. The van der Waals surface area contributed by atoms with Gasteiger partial charge in [0.2, 0.25) is 5.91 Å². The van der Waals surface area contributed by atoms with Crippen LogP contribution in [0.3, 0.4) is 0 Å². The standard InChI is InChI=1S/C14H23F3N2O2S/c1-10(19-3-5-22-6-4-19)12(20)18-9-11-7-13(8-11,21-2)14(15,16)17/h10-11H,3-9H2,1-2H3,(H,18,20). The molecule has 1 unspecified atom stereocenters. The third-order valence-electron chi connectivity index (χ3n) is 4.68. The van der Waals surface area contributed by atoms with Gasteiger partial charge in [0.05, 0.1) is 6.04 Å². The van der Waals surface area contributed by atoms with Crippen LogP contribution in [0.25, 0.3) is 0 Å². The number of thioether (sulfide) groups is 1. The second-order valence-electron chi connectivity index (χ2n) is 6.04. The van der Waals surface area contributed by atoms with Crippen molar-refractivity contribution in [3.63, 3.8) is 0 Å². The highest BCUT2D eigenvalue weighted by Gasteiger charge is 2.62. The van der Waals surface area contributed by atoms with Crippen LogP contribution in [0.2, 0.25) is 0 Å². The van der Waals surface area contributed by atoms with Gasteiger partial charge in [-0.1, -0.05) is 0 Å². The summed E-state index contributed by atoms with van der Waals surface area (Å²) in [4.78, 5) is 14.2. The second-order valence-corrected chi connectivity index (χ2v) is 7.26. The summed E-state index contributed by atoms with van der Waals surface area (Å²) in [5.41, 5.74) is -2.02. The monoisotopic (exact) mass is 340 g/mol. The SMILES string of the molecule is COC1(C(F)(F)F)CC(CNC(=O)C(C)N2CCSCC2)C1. The zero-order valence-electron chi connectivity index (χ0n) is 12.9. The van der Waals surface area contributed by atoms with Gasteiger partial charge in [-0.25, -0.2) is 0 Å². The Bertz CT molecular complexity index is 394. The number of rotatable bonds is 5. The third kappa shape index (κ3) is 3.71. The number of amides is 1. The normalized spacial score (nSPS) is 31.4. The van der Waals surface area contributed by atoms with Crippen molar-refractivity contribution < 1.29 is 22.7 Å². The summed E-state index contributed by atoms with van der Waals surface area (Å²) in [6, 6.07) is -0.226. The van der Waals surface area contributed by atoms with Gasteiger partial charge in [-0.05, 0) is 25.7 Å². The molecule has 0 aromatic heterocycles. The van der Waals surface area contributed by atoms with E-state index in [0.29, 0.717) is 0 Å². The summed E-state index contributed by atoms with van der Waals surface area (Å²) in [5.74, 6) is 1.76. The predicted octanol–water partition coefficient (Wildman–Crippen LogP) is 1.90. The van der Waals surface area contributed by atoms with Crippen LogP contribution in [-0.4, -0.2) is 66.9 Å². The van der Waals surface area contributed by atoms with E-state index in [4.69, 9.17) is 0 Å². The molecule has 0 aromatic carbocycles. The largest absolute Gasteiger partial charge is 0.417 e. The van der Waals surface area contributed by atoms with E-state index in [2.05, 4.69) is 15.0 Å². The van der Waals surface area contributed by atoms with Crippen LogP contribution in [0, 0.1) is 5.92 Å². The fourth-order valence-electron chi connectivity index (χ4n) is 3.05. The number of methoxy groups -OCH3 is 1. The van der Waals surface area contributed by atoms with E-state index in [1.165, 1.54) is 0 Å². The van der Waals surface area contributed by atoms with Crippen LogP contribution < -0.4 is 5.32 Å². The molecule has 128 valence electrons. The van der Waals surface area contributed by atoms with Gasteiger partial charge in [0.25, 0.3) is 0 Å². The Balaban J connectivity index is 1.74. The van der Waals surface area contributed by atoms with Gasteiger partial charge < -0.3 is 10.1 Å². The highest BCUT2D eigenvalue weighted by molar-refractivity contribution is 7.99. The molecule has 4 nitrogen and oxygen atoms in total. The molecule has 2 fully saturated rings. The van der Waals surface area contributed by atoms with Gasteiger partial charge in [-0.2, -0.15) is 24.9 Å². The maximum Gasteiger partial charge on any atom is 0.417 e. The van der Waals surface area contributed by atoms with Gasteiger partial charge in [-0.15, -0.1) is 0 Å². The van der Waals surface area contributed by atoms with E-state index in [1.54, 1.807) is 0 Å². The van der Waals surface area contributed by atoms with Crippen LogP contribution >= 0.6 is 11.8 Å². The molecule has 22 heavy (non-hydrogen) atoms. The predicted molar refractivity (Wildman–Crippen MR) is 79.9 cm³/mol. The molecule has 0 aromatic rings. The number of alkyl halides is 3. The lowest BCUT2D eigenvalue weighted by Gasteiger charge is -2.47. The van der Waals surface area contributed by atoms with Gasteiger partial charge in [0.15, 0.2) is 5.60 Å². The summed E-state index contributed by atoms with van der Waals surface area (Å²) in [5, 5.41) is 2.78. The summed E-state index contributed by atoms with van der Waals surface area (Å²) in [6.45, 7) is 3.89. The minimum Gasteiger partial charge on any atom is -0.369 e. The van der Waals surface area contributed by atoms with Gasteiger partial charge >= 0.3 is 6.18 Å². The molecule has 0 bridgehead atoms. The highest BCUT2D eigenvalue weighted by atomic mass is 32.2. The Labute approximate surface area is 133 Å². The molecule has 1 N–H and O–H groups in total. The molecule has 1 heterocycles. The van der Waals surface area contributed by atoms with E-state index in [0.717, 1.165) is 31.7 Å². The fraction of sp³-hybridized carbons (Fsp3) is 0.929. The van der Waals surface area contributed by atoms with Gasteiger partial charge in [0, 0.05) is 38.2 Å². The summed E-state index contributed by atoms with van der Waals surface area (Å²) in [6.07, 6.45) is -4.51. The molecule has 0 spiro atoms. The Morgan fingerprint density at radius 3 is 2.50 bits per heavy atom. The number of hydrogen-bond acceptors (Lipinski definition) is 4. The molecular weight excluding hydrogens is 317 g/mol. The molecule has 2 aliphatic rings. The van der Waals surface area contributed by atoms with Crippen molar-refractivity contribution in [1.29, 1.82) is 0 Å². The topological polar surface area (TPSA) is 41.6 Å². The molecule has 1 atom stereocenters. The number of halogens is 3. The Hall–Kier alpha value is -0.470. The minimum atomic E-state index is -4.35. The molecule has 1 aliphatic heterocycles. The zero-order valence-corrected chi connectivity index (χ0v) is 13.7. The van der Waals surface area contributed by atoms with Crippen molar-refractivity contribution in [1.82, 2.24) is 10.2 Å². The van der Waals surface area contributed by atoms with E-state index < -0.39 is 11.8 Å². The fourth-order valence-corrected chi connectivity index (χ4v) is 3.99. The number of carbonyl (C=O) groups is 1. The van der Waals surface area contributed by atoms with Crippen LogP contribution in [0.5, 0.6) is 0 Å². The summed E-state index contributed by atoms with van der Waals surface area (Å²) >= 11 is 1.87. The zero-order chi connectivity index (χ0) is 16.4. The molecule has 1 aliphatic carbocycles. The first kappa shape index (κ1) is 17.9. The molecular formula is C14H23F3N2O2S. The van der Waals surface area contributed by atoms with E-state index in [9.17, 15) is 18.0 Å². The van der Waals surface area contributed by atoms with Crippen molar-refractivity contribution in [2.75, 3.05) is 38.2 Å². The number of nitrogens with one attached hydrogen (secondary N) is 1. The Morgan fingerprint density at radius 2 is 2.00 bits per heavy atom. The highest BCUT2D eigenvalue weighted by Crippen LogP contribution is 2.50. The van der Waals surface area contributed by atoms with E-state index in [1.807, 2.05) is 18.7 Å². The maximum atomic E-state index is 12.9. The Kier molecular flexibility index (Phi) is 5.66. The average molecular weight is 340 g/mol. The van der Waals surface area contributed by atoms with Gasteiger partial charge in [0.1, 0.15) is 0 Å². The summed E-state index contributed by atoms with van der Waals surface area (Å²) < 4.78 is 43.3. The van der Waals surface area contributed by atoms with Crippen molar-refractivity contribution in [3.05, 3.63) is 0 Å². The first-order valence-electron chi connectivity index (χ1n) is 7.50. The lowest BCUT2D eigenvalue weighted by molar-refractivity contribution is -0.307. The van der Waals surface area contributed by atoms with Crippen LogP contribution in [0.1, 0.15) is 19.8 Å². The van der Waals surface area contributed by atoms with Crippen LogP contribution in [0.15, 0.2) is 0 Å². The molecule has 0 radical (unpaired) electrons. The first-order chi connectivity index (χ1) is 10.3. The number of ether oxygens (including phenoxy) is 1. The van der Waals surface area contributed by atoms with Crippen molar-refractivity contribution in [2.24, 2.45) is 5.92 Å². The number of carbonyl (C=O) groups excluding carboxylic acids is 1. The molecule has 2 rings (SSSR count). The van der Waals surface area contributed by atoms with Crippen molar-refractivity contribution in [3.8, 4) is 0 Å². The Morgan fingerprint density at radius 1 is 1.41 bits per heavy atom. The van der Waals surface area contributed by atoms with Crippen molar-refractivity contribution in [2.45, 2.75) is 37.6 Å². The molecule has 8 heteroatoms. The van der Waals surface area contributed by atoms with E-state index >= 15 is 0 Å². The second kappa shape index (κ2) is 6.97. The number of nitrogens with zero attached hydrogens (tertiary/aromatic N) is 1. The lowest BCUT2D eigenvalue weighted by atomic mass is 9.70. The van der Waals surface area contributed by atoms with Crippen LogP contribution in [-0.2, 0) is 9.53 Å². The maximum absolute atomic E-state index is 12.9. The summed E-state index contributed by atoms with van der Waals surface area (Å²) in [7, 11) is 1.10. The minimum absolute atomic E-state index is 0.0813. The molecule has 1 saturated heterocycles. The van der Waals surface area contributed by atoms with E-state index in [-0.39, 0.29) is 37.3 Å². The third-order valence-corrected chi connectivity index (χ3v) is 5.62. The van der Waals surface area contributed by atoms with Gasteiger partial charge in [-0.3, -0.25) is 9.69 Å². The lowest BCUT2D eigenvalue weighted by Crippen LogP contribution is -2.59. The van der Waals surface area contributed by atoms with Crippen LogP contribution in [0.4, 0.5) is 13.2 Å². The first-order valence-corrected chi connectivity index (χ1v) is 8.66. The average Bonchev–Trinajstić information content (AvgIpc) is 2.44. The smallest absolute Gasteiger partial charge is 0.369 e.